The summed E-state index contributed by atoms with van der Waals surface area (Å²) in [6, 6.07) is -2.08. The Balaban J connectivity index is 2.67. The molecule has 0 bridgehead atoms. The Morgan fingerprint density at radius 3 is 2.37 bits per heavy atom. The molecule has 3 unspecified atom stereocenters. The van der Waals surface area contributed by atoms with Crippen LogP contribution in [0.2, 0.25) is 0 Å². The summed E-state index contributed by atoms with van der Waals surface area (Å²) in [4.78, 5) is 49.2. The minimum absolute atomic E-state index is 0.101. The predicted molar refractivity (Wildman–Crippen MR) is 98.4 cm³/mol. The fourth-order valence-corrected chi connectivity index (χ4v) is 2.86. The number of likely N-dealkylation sites (tertiary alicyclic amines) is 1. The van der Waals surface area contributed by atoms with Gasteiger partial charge in [0.2, 0.25) is 17.7 Å². The van der Waals surface area contributed by atoms with Crippen molar-refractivity contribution in [3.05, 3.63) is 0 Å². The van der Waals surface area contributed by atoms with Crippen molar-refractivity contribution in [2.24, 2.45) is 11.7 Å². The third kappa shape index (κ3) is 7.05. The first-order valence-electron chi connectivity index (χ1n) is 8.95. The van der Waals surface area contributed by atoms with Crippen molar-refractivity contribution < 1.29 is 24.3 Å². The first-order valence-corrected chi connectivity index (χ1v) is 8.95. The summed E-state index contributed by atoms with van der Waals surface area (Å²) in [6.45, 7) is 8.96. The van der Waals surface area contributed by atoms with Crippen LogP contribution in [0.3, 0.4) is 0 Å². The highest BCUT2D eigenvalue weighted by molar-refractivity contribution is 5.91. The molecule has 6 N–H and O–H groups in total. The molecule has 0 aromatic carbocycles. The fraction of sp³-hybridized carbons (Fsp3) is 0.765. The SMILES string of the molecule is CC1C[C@@H](C(=O)NC(C)C(O)C(N)=O)N(C(=O)CNC(=O)NC(C)(C)C)C1. The molecule has 1 rings (SSSR count). The van der Waals surface area contributed by atoms with Gasteiger partial charge in [-0.15, -0.1) is 0 Å². The first-order chi connectivity index (χ1) is 12.3. The van der Waals surface area contributed by atoms with E-state index in [0.717, 1.165) is 0 Å². The van der Waals surface area contributed by atoms with E-state index >= 15 is 0 Å². The van der Waals surface area contributed by atoms with Crippen molar-refractivity contribution >= 4 is 23.8 Å². The fourth-order valence-electron chi connectivity index (χ4n) is 2.86. The Hall–Kier alpha value is -2.36. The highest BCUT2D eigenvalue weighted by Gasteiger charge is 2.38. The minimum Gasteiger partial charge on any atom is -0.381 e. The van der Waals surface area contributed by atoms with Crippen molar-refractivity contribution in [3.8, 4) is 0 Å². The highest BCUT2D eigenvalue weighted by Crippen LogP contribution is 2.23. The molecule has 10 heteroatoms. The van der Waals surface area contributed by atoms with Crippen molar-refractivity contribution in [3.63, 3.8) is 0 Å². The maximum absolute atomic E-state index is 12.5. The molecule has 4 atom stereocenters. The lowest BCUT2D eigenvalue weighted by Gasteiger charge is -2.27. The Morgan fingerprint density at radius 1 is 1.26 bits per heavy atom. The summed E-state index contributed by atoms with van der Waals surface area (Å²) in [5.41, 5.74) is 4.59. The number of hydrogen-bond acceptors (Lipinski definition) is 5. The molecule has 0 aromatic heterocycles. The molecule has 0 aliphatic carbocycles. The lowest BCUT2D eigenvalue weighted by atomic mass is 10.1. The molecule has 154 valence electrons. The van der Waals surface area contributed by atoms with E-state index in [0.29, 0.717) is 13.0 Å². The van der Waals surface area contributed by atoms with Crippen LogP contribution in [0.5, 0.6) is 0 Å². The maximum Gasteiger partial charge on any atom is 0.315 e. The molecule has 1 aliphatic heterocycles. The van der Waals surface area contributed by atoms with Crippen LogP contribution in [0.1, 0.15) is 41.0 Å². The third-order valence-electron chi connectivity index (χ3n) is 4.16. The molecule has 1 heterocycles. The van der Waals surface area contributed by atoms with Crippen molar-refractivity contribution in [1.29, 1.82) is 0 Å². The van der Waals surface area contributed by atoms with E-state index in [1.807, 2.05) is 27.7 Å². The number of urea groups is 1. The van der Waals surface area contributed by atoms with Gasteiger partial charge >= 0.3 is 6.03 Å². The van der Waals surface area contributed by atoms with Crippen molar-refractivity contribution in [1.82, 2.24) is 20.9 Å². The summed E-state index contributed by atoms with van der Waals surface area (Å²) >= 11 is 0. The molecule has 1 aliphatic rings. The summed E-state index contributed by atoms with van der Waals surface area (Å²) in [5, 5.41) is 17.3. The molecule has 0 spiro atoms. The van der Waals surface area contributed by atoms with Gasteiger partial charge in [0.15, 0.2) is 6.10 Å². The van der Waals surface area contributed by atoms with Crippen LogP contribution in [-0.4, -0.2) is 70.6 Å². The summed E-state index contributed by atoms with van der Waals surface area (Å²) in [7, 11) is 0. The number of nitrogens with one attached hydrogen (secondary N) is 3. The van der Waals surface area contributed by atoms with Gasteiger partial charge in [0.1, 0.15) is 6.04 Å². The van der Waals surface area contributed by atoms with E-state index in [1.165, 1.54) is 11.8 Å². The van der Waals surface area contributed by atoms with E-state index in [9.17, 15) is 24.3 Å². The zero-order chi connectivity index (χ0) is 20.9. The summed E-state index contributed by atoms with van der Waals surface area (Å²) in [6.07, 6.45) is -1.06. The van der Waals surface area contributed by atoms with Gasteiger partial charge in [-0.2, -0.15) is 0 Å². The number of carbonyl (C=O) groups excluding carboxylic acids is 4. The number of rotatable bonds is 6. The number of aliphatic hydroxyl groups excluding tert-OH is 1. The minimum atomic E-state index is -1.51. The predicted octanol–water partition coefficient (Wildman–Crippen LogP) is -1.33. The molecule has 0 saturated carbocycles. The number of aliphatic hydroxyl groups is 1. The van der Waals surface area contributed by atoms with E-state index in [1.54, 1.807) is 0 Å². The Labute approximate surface area is 159 Å². The van der Waals surface area contributed by atoms with Gasteiger partial charge in [-0.25, -0.2) is 4.79 Å². The van der Waals surface area contributed by atoms with Gasteiger partial charge < -0.3 is 31.7 Å². The molecule has 5 amide bonds. The molecule has 27 heavy (non-hydrogen) atoms. The lowest BCUT2D eigenvalue weighted by Crippen LogP contribution is -2.55. The molecule has 0 radical (unpaired) electrons. The molecule has 0 aromatic rings. The van der Waals surface area contributed by atoms with Crippen LogP contribution >= 0.6 is 0 Å². The smallest absolute Gasteiger partial charge is 0.315 e. The van der Waals surface area contributed by atoms with Gasteiger partial charge in [0.25, 0.3) is 0 Å². The largest absolute Gasteiger partial charge is 0.381 e. The van der Waals surface area contributed by atoms with Gasteiger partial charge in [-0.1, -0.05) is 6.92 Å². The standard InChI is InChI=1S/C17H31N5O5/c1-9-6-11(15(26)20-10(2)13(24)14(18)25)22(8-9)12(23)7-19-16(27)21-17(3,4)5/h9-11,13,24H,6-8H2,1-5H3,(H2,18,25)(H,20,26)(H2,19,21,27)/t9?,10?,11-,13?/m0/s1. The normalized spacial score (nSPS) is 21.9. The molecule has 10 nitrogen and oxygen atoms in total. The molecule has 1 saturated heterocycles. The van der Waals surface area contributed by atoms with E-state index < -0.39 is 41.6 Å². The number of amides is 5. The topological polar surface area (TPSA) is 154 Å². The van der Waals surface area contributed by atoms with Gasteiger partial charge in [0, 0.05) is 12.1 Å². The van der Waals surface area contributed by atoms with Crippen molar-refractivity contribution in [2.75, 3.05) is 13.1 Å². The van der Waals surface area contributed by atoms with Crippen LogP contribution in [0.15, 0.2) is 0 Å². The third-order valence-corrected chi connectivity index (χ3v) is 4.16. The van der Waals surface area contributed by atoms with Crippen LogP contribution in [0, 0.1) is 5.92 Å². The van der Waals surface area contributed by atoms with E-state index in [4.69, 9.17) is 5.73 Å². The number of carbonyl (C=O) groups is 4. The van der Waals surface area contributed by atoms with E-state index in [-0.39, 0.29) is 18.4 Å². The average molecular weight is 385 g/mol. The Morgan fingerprint density at radius 2 is 1.85 bits per heavy atom. The van der Waals surface area contributed by atoms with Gasteiger partial charge in [-0.3, -0.25) is 14.4 Å². The highest BCUT2D eigenvalue weighted by atomic mass is 16.3. The molecule has 1 fully saturated rings. The second kappa shape index (κ2) is 9.03. The summed E-state index contributed by atoms with van der Waals surface area (Å²) in [5.74, 6) is -1.69. The zero-order valence-corrected chi connectivity index (χ0v) is 16.5. The second-order valence-electron chi connectivity index (χ2n) is 8.10. The monoisotopic (exact) mass is 385 g/mol. The number of nitrogens with zero attached hydrogens (tertiary/aromatic N) is 1. The summed E-state index contributed by atoms with van der Waals surface area (Å²) < 4.78 is 0. The van der Waals surface area contributed by atoms with Crippen LogP contribution < -0.4 is 21.7 Å². The lowest BCUT2D eigenvalue weighted by molar-refractivity contribution is -0.139. The second-order valence-corrected chi connectivity index (χ2v) is 8.10. The number of primary amides is 1. The maximum atomic E-state index is 12.5. The zero-order valence-electron chi connectivity index (χ0n) is 16.5. The van der Waals surface area contributed by atoms with Crippen LogP contribution in [0.4, 0.5) is 4.79 Å². The van der Waals surface area contributed by atoms with Crippen molar-refractivity contribution in [2.45, 2.75) is 64.8 Å². The number of hydrogen-bond donors (Lipinski definition) is 5. The van der Waals surface area contributed by atoms with Crippen LogP contribution in [-0.2, 0) is 14.4 Å². The molecular weight excluding hydrogens is 354 g/mol. The first kappa shape index (κ1) is 22.7. The quantitative estimate of drug-likeness (QED) is 0.383. The van der Waals surface area contributed by atoms with Gasteiger partial charge in [-0.05, 0) is 40.0 Å². The van der Waals surface area contributed by atoms with Gasteiger partial charge in [0.05, 0.1) is 12.6 Å². The Bertz CT molecular complexity index is 589. The van der Waals surface area contributed by atoms with E-state index in [2.05, 4.69) is 16.0 Å². The Kier molecular flexibility index (Phi) is 7.58. The van der Waals surface area contributed by atoms with Crippen LogP contribution in [0.25, 0.3) is 0 Å². The number of nitrogens with two attached hydrogens (primary N) is 1. The molecular formula is C17H31N5O5. The average Bonchev–Trinajstić information content (AvgIpc) is 2.92.